The highest BCUT2D eigenvalue weighted by Gasteiger charge is 2.29. The molecule has 150 valence electrons. The first kappa shape index (κ1) is 20.8. The molecule has 0 aliphatic carbocycles. The smallest absolute Gasteiger partial charge is 0.257 e. The van der Waals surface area contributed by atoms with Gasteiger partial charge in [0.15, 0.2) is 11.5 Å². The highest BCUT2D eigenvalue weighted by molar-refractivity contribution is 5.98. The molecule has 8 nitrogen and oxygen atoms in total. The third-order valence-corrected chi connectivity index (χ3v) is 4.73. The first-order valence-electron chi connectivity index (χ1n) is 9.11. The Bertz CT molecular complexity index is 672. The maximum Gasteiger partial charge on any atom is 0.257 e. The van der Waals surface area contributed by atoms with Crippen LogP contribution < -0.4 is 19.9 Å². The minimum absolute atomic E-state index is 0.0485. The van der Waals surface area contributed by atoms with Gasteiger partial charge < -0.3 is 29.7 Å². The van der Waals surface area contributed by atoms with Crippen LogP contribution in [0, 0.1) is 0 Å². The largest absolute Gasteiger partial charge is 0.493 e. The normalized spacial score (nSPS) is 15.3. The molecule has 1 heterocycles. The van der Waals surface area contributed by atoms with E-state index in [0.29, 0.717) is 55.4 Å². The van der Waals surface area contributed by atoms with Gasteiger partial charge in [0.05, 0.1) is 32.9 Å². The number of nitrogens with zero attached hydrogens (tertiary/aromatic N) is 2. The van der Waals surface area contributed by atoms with Crippen LogP contribution in [-0.4, -0.2) is 75.2 Å². The van der Waals surface area contributed by atoms with Crippen molar-refractivity contribution in [3.05, 3.63) is 17.7 Å². The van der Waals surface area contributed by atoms with Crippen LogP contribution in [0.4, 0.5) is 0 Å². The minimum Gasteiger partial charge on any atom is -0.493 e. The van der Waals surface area contributed by atoms with Crippen LogP contribution in [0.1, 0.15) is 30.1 Å². The summed E-state index contributed by atoms with van der Waals surface area (Å²) in [7, 11) is 4.51. The van der Waals surface area contributed by atoms with E-state index in [0.717, 1.165) is 6.42 Å². The van der Waals surface area contributed by atoms with E-state index in [-0.39, 0.29) is 11.8 Å². The Kier molecular flexibility index (Phi) is 7.29. The second kappa shape index (κ2) is 9.45. The molecular weight excluding hydrogens is 350 g/mol. The Hall–Kier alpha value is -2.48. The Morgan fingerprint density at radius 1 is 1.00 bits per heavy atom. The number of hydrogen-bond donors (Lipinski definition) is 1. The number of methoxy groups -OCH3 is 3. The van der Waals surface area contributed by atoms with Gasteiger partial charge in [-0.1, -0.05) is 13.3 Å². The van der Waals surface area contributed by atoms with Crippen molar-refractivity contribution >= 4 is 11.8 Å². The van der Waals surface area contributed by atoms with Gasteiger partial charge in [0.25, 0.3) is 5.91 Å². The first-order valence-corrected chi connectivity index (χ1v) is 9.11. The average Bonchev–Trinajstić information content (AvgIpc) is 2.71. The van der Waals surface area contributed by atoms with Crippen LogP contribution in [0.5, 0.6) is 17.2 Å². The summed E-state index contributed by atoms with van der Waals surface area (Å²) in [5.74, 6) is 0.993. The molecule has 0 aromatic heterocycles. The molecule has 2 rings (SSSR count). The Morgan fingerprint density at radius 2 is 1.59 bits per heavy atom. The highest BCUT2D eigenvalue weighted by Crippen LogP contribution is 2.40. The van der Waals surface area contributed by atoms with Crippen molar-refractivity contribution in [2.24, 2.45) is 5.73 Å². The lowest BCUT2D eigenvalue weighted by Crippen LogP contribution is -2.54. The zero-order chi connectivity index (χ0) is 20.0. The molecule has 0 saturated carbocycles. The van der Waals surface area contributed by atoms with E-state index >= 15 is 0 Å². The number of nitrogens with two attached hydrogens (primary N) is 1. The van der Waals surface area contributed by atoms with Crippen LogP contribution in [-0.2, 0) is 4.79 Å². The van der Waals surface area contributed by atoms with Crippen molar-refractivity contribution in [1.82, 2.24) is 9.80 Å². The standard InChI is InChI=1S/C19H29N3O5/c1-5-6-14(20)19(24)22-11-9-21(10-12-22)18(23)13-7-8-15(25-2)17(27-4)16(13)26-3/h7-8,14H,5-6,9-12,20H2,1-4H3. The number of rotatable bonds is 7. The number of amides is 2. The van der Waals surface area contributed by atoms with Crippen LogP contribution in [0.25, 0.3) is 0 Å². The fraction of sp³-hybridized carbons (Fsp3) is 0.579. The molecule has 1 aliphatic rings. The molecule has 8 heteroatoms. The van der Waals surface area contributed by atoms with Gasteiger partial charge in [-0.3, -0.25) is 9.59 Å². The Morgan fingerprint density at radius 3 is 2.11 bits per heavy atom. The number of hydrogen-bond acceptors (Lipinski definition) is 6. The maximum atomic E-state index is 13.0. The molecule has 1 unspecified atom stereocenters. The summed E-state index contributed by atoms with van der Waals surface area (Å²) >= 11 is 0. The van der Waals surface area contributed by atoms with Crippen molar-refractivity contribution in [1.29, 1.82) is 0 Å². The van der Waals surface area contributed by atoms with Gasteiger partial charge in [0.2, 0.25) is 11.7 Å². The molecule has 1 atom stereocenters. The predicted molar refractivity (Wildman–Crippen MR) is 101 cm³/mol. The molecule has 0 spiro atoms. The van der Waals surface area contributed by atoms with Crippen LogP contribution in [0.3, 0.4) is 0 Å². The van der Waals surface area contributed by atoms with Gasteiger partial charge in [-0.2, -0.15) is 0 Å². The predicted octanol–water partition coefficient (Wildman–Crippen LogP) is 1.12. The van der Waals surface area contributed by atoms with Crippen molar-refractivity contribution in [2.45, 2.75) is 25.8 Å². The molecule has 1 saturated heterocycles. The maximum absolute atomic E-state index is 13.0. The number of carbonyl (C=O) groups excluding carboxylic acids is 2. The molecule has 1 aliphatic heterocycles. The quantitative estimate of drug-likeness (QED) is 0.763. The van der Waals surface area contributed by atoms with Crippen LogP contribution in [0.2, 0.25) is 0 Å². The van der Waals surface area contributed by atoms with Crippen LogP contribution in [0.15, 0.2) is 12.1 Å². The van der Waals surface area contributed by atoms with Gasteiger partial charge in [-0.15, -0.1) is 0 Å². The summed E-state index contributed by atoms with van der Waals surface area (Å²) in [5.41, 5.74) is 6.33. The zero-order valence-electron chi connectivity index (χ0n) is 16.5. The summed E-state index contributed by atoms with van der Waals surface area (Å²) < 4.78 is 16.0. The number of ether oxygens (including phenoxy) is 3. The Balaban J connectivity index is 2.11. The van der Waals surface area contributed by atoms with E-state index in [1.807, 2.05) is 6.92 Å². The lowest BCUT2D eigenvalue weighted by molar-refractivity contribution is -0.134. The van der Waals surface area contributed by atoms with E-state index in [1.165, 1.54) is 21.3 Å². The van der Waals surface area contributed by atoms with Crippen molar-refractivity contribution < 1.29 is 23.8 Å². The van der Waals surface area contributed by atoms with Gasteiger partial charge in [0, 0.05) is 26.2 Å². The molecule has 2 N–H and O–H groups in total. The van der Waals surface area contributed by atoms with Gasteiger partial charge in [0.1, 0.15) is 0 Å². The fourth-order valence-corrected chi connectivity index (χ4v) is 3.24. The number of carbonyl (C=O) groups is 2. The van der Waals surface area contributed by atoms with Crippen LogP contribution >= 0.6 is 0 Å². The third kappa shape index (κ3) is 4.44. The first-order chi connectivity index (χ1) is 13.0. The second-order valence-electron chi connectivity index (χ2n) is 6.39. The molecular formula is C19H29N3O5. The molecule has 0 radical (unpaired) electrons. The van der Waals surface area contributed by atoms with Crippen molar-refractivity contribution in [3.63, 3.8) is 0 Å². The summed E-state index contributed by atoms with van der Waals surface area (Å²) in [4.78, 5) is 28.8. The topological polar surface area (TPSA) is 94.3 Å². The molecule has 0 bridgehead atoms. The number of piperazine rings is 1. The van der Waals surface area contributed by atoms with E-state index in [2.05, 4.69) is 0 Å². The molecule has 1 fully saturated rings. The van der Waals surface area contributed by atoms with E-state index in [9.17, 15) is 9.59 Å². The second-order valence-corrected chi connectivity index (χ2v) is 6.39. The Labute approximate surface area is 160 Å². The SMILES string of the molecule is CCCC(N)C(=O)N1CCN(C(=O)c2ccc(OC)c(OC)c2OC)CC1. The summed E-state index contributed by atoms with van der Waals surface area (Å²) in [6, 6.07) is 2.87. The van der Waals surface area contributed by atoms with Crippen molar-refractivity contribution in [3.8, 4) is 17.2 Å². The fourth-order valence-electron chi connectivity index (χ4n) is 3.24. The lowest BCUT2D eigenvalue weighted by Gasteiger charge is -2.36. The molecule has 27 heavy (non-hydrogen) atoms. The number of benzene rings is 1. The zero-order valence-corrected chi connectivity index (χ0v) is 16.5. The summed E-state index contributed by atoms with van der Waals surface area (Å²) in [6.07, 6.45) is 1.53. The molecule has 1 aromatic carbocycles. The van der Waals surface area contributed by atoms with E-state index < -0.39 is 6.04 Å². The van der Waals surface area contributed by atoms with Gasteiger partial charge >= 0.3 is 0 Å². The molecule has 1 aromatic rings. The third-order valence-electron chi connectivity index (χ3n) is 4.73. The van der Waals surface area contributed by atoms with E-state index in [1.54, 1.807) is 21.9 Å². The molecule has 2 amide bonds. The van der Waals surface area contributed by atoms with Crippen molar-refractivity contribution in [2.75, 3.05) is 47.5 Å². The highest BCUT2D eigenvalue weighted by atomic mass is 16.5. The minimum atomic E-state index is -0.469. The summed E-state index contributed by atoms with van der Waals surface area (Å²) in [6.45, 7) is 3.83. The monoisotopic (exact) mass is 379 g/mol. The van der Waals surface area contributed by atoms with Gasteiger partial charge in [-0.25, -0.2) is 0 Å². The lowest BCUT2D eigenvalue weighted by atomic mass is 10.1. The van der Waals surface area contributed by atoms with E-state index in [4.69, 9.17) is 19.9 Å². The average molecular weight is 379 g/mol. The summed E-state index contributed by atoms with van der Waals surface area (Å²) in [5, 5.41) is 0. The van der Waals surface area contributed by atoms with Gasteiger partial charge in [-0.05, 0) is 18.6 Å².